The summed E-state index contributed by atoms with van der Waals surface area (Å²) in [6, 6.07) is 0. The molecule has 0 saturated heterocycles. The molecule has 0 heterocycles. The highest BCUT2D eigenvalue weighted by atomic mass is 16.4. The molecule has 1 fully saturated rings. The Bertz CT molecular complexity index is 341. The lowest BCUT2D eigenvalue weighted by Crippen LogP contribution is -2.35. The Labute approximate surface area is 105 Å². The molecular weight excluding hydrogens is 238 g/mol. The molecule has 3 atom stereocenters. The number of hydrogen-bond donors (Lipinski definition) is 3. The summed E-state index contributed by atoms with van der Waals surface area (Å²) in [5, 5.41) is 20.1. The number of hydrogen-bond acceptors (Lipinski definition) is 3. The molecule has 1 rings (SSSR count). The summed E-state index contributed by atoms with van der Waals surface area (Å²) in [5.41, 5.74) is 0. The largest absolute Gasteiger partial charge is 0.481 e. The number of carbonyl (C=O) groups is 3. The van der Waals surface area contributed by atoms with Crippen LogP contribution in [0.4, 0.5) is 0 Å². The second kappa shape index (κ2) is 6.37. The van der Waals surface area contributed by atoms with Crippen molar-refractivity contribution in [1.29, 1.82) is 0 Å². The van der Waals surface area contributed by atoms with Gasteiger partial charge in [-0.15, -0.1) is 0 Å². The van der Waals surface area contributed by atoms with Crippen LogP contribution in [0.15, 0.2) is 0 Å². The van der Waals surface area contributed by atoms with Gasteiger partial charge in [-0.3, -0.25) is 14.4 Å². The highest BCUT2D eigenvalue weighted by molar-refractivity contribution is 5.85. The molecule has 1 amide bonds. The Kier molecular flexibility index (Phi) is 5.12. The summed E-state index contributed by atoms with van der Waals surface area (Å²) in [4.78, 5) is 33.1. The van der Waals surface area contributed by atoms with Gasteiger partial charge in [-0.05, 0) is 25.2 Å². The van der Waals surface area contributed by atoms with Crippen LogP contribution in [0, 0.1) is 17.8 Å². The fraction of sp³-hybridized carbons (Fsp3) is 0.750. The van der Waals surface area contributed by atoms with Gasteiger partial charge < -0.3 is 15.5 Å². The zero-order valence-corrected chi connectivity index (χ0v) is 10.4. The molecule has 6 heteroatoms. The van der Waals surface area contributed by atoms with Crippen molar-refractivity contribution in [2.45, 2.75) is 32.6 Å². The normalized spacial score (nSPS) is 26.8. The van der Waals surface area contributed by atoms with Crippen molar-refractivity contribution in [2.24, 2.45) is 17.8 Å². The maximum absolute atomic E-state index is 11.8. The first-order chi connectivity index (χ1) is 8.41. The molecule has 0 aromatic carbocycles. The van der Waals surface area contributed by atoms with Gasteiger partial charge in [-0.1, -0.05) is 6.92 Å². The Morgan fingerprint density at radius 3 is 2.33 bits per heavy atom. The second-order valence-electron chi connectivity index (χ2n) is 4.92. The molecule has 18 heavy (non-hydrogen) atoms. The van der Waals surface area contributed by atoms with Crippen molar-refractivity contribution in [3.63, 3.8) is 0 Å². The van der Waals surface area contributed by atoms with Crippen molar-refractivity contribution < 1.29 is 24.6 Å². The lowest BCUT2D eigenvalue weighted by molar-refractivity contribution is -0.146. The van der Waals surface area contributed by atoms with Gasteiger partial charge in [0.25, 0.3) is 0 Å². The topological polar surface area (TPSA) is 104 Å². The van der Waals surface area contributed by atoms with Crippen LogP contribution in [-0.2, 0) is 14.4 Å². The van der Waals surface area contributed by atoms with E-state index in [0.29, 0.717) is 19.3 Å². The molecule has 3 N–H and O–H groups in total. The van der Waals surface area contributed by atoms with Gasteiger partial charge in [0.1, 0.15) is 0 Å². The average Bonchev–Trinajstić information content (AvgIpc) is 2.66. The molecule has 6 nitrogen and oxygen atoms in total. The molecular formula is C12H19NO5. The third-order valence-electron chi connectivity index (χ3n) is 3.32. The summed E-state index contributed by atoms with van der Waals surface area (Å²) in [6.45, 7) is 2.22. The highest BCUT2D eigenvalue weighted by Gasteiger charge is 2.40. The van der Waals surface area contributed by atoms with Crippen LogP contribution in [0.2, 0.25) is 0 Å². The zero-order valence-electron chi connectivity index (χ0n) is 10.4. The maximum Gasteiger partial charge on any atom is 0.307 e. The Morgan fingerprint density at radius 2 is 1.78 bits per heavy atom. The standard InChI is InChI=1S/C12H19NO5/c1-7-5-8(9(6-7)12(17)18)11(16)13-4-2-3-10(14)15/h7-9H,2-6H2,1H3,(H,13,16)(H,14,15)(H,17,18). The minimum Gasteiger partial charge on any atom is -0.481 e. The summed E-state index contributed by atoms with van der Waals surface area (Å²) in [6.07, 6.45) is 1.48. The minimum atomic E-state index is -0.926. The van der Waals surface area contributed by atoms with E-state index in [1.54, 1.807) is 0 Å². The lowest BCUT2D eigenvalue weighted by atomic mass is 9.95. The molecule has 1 aliphatic carbocycles. The molecule has 1 aliphatic rings. The number of rotatable bonds is 6. The Morgan fingerprint density at radius 1 is 1.17 bits per heavy atom. The van der Waals surface area contributed by atoms with Gasteiger partial charge in [0, 0.05) is 13.0 Å². The van der Waals surface area contributed by atoms with E-state index >= 15 is 0 Å². The molecule has 0 bridgehead atoms. The third-order valence-corrected chi connectivity index (χ3v) is 3.32. The summed E-state index contributed by atoms with van der Waals surface area (Å²) in [5.74, 6) is -2.95. The summed E-state index contributed by atoms with van der Waals surface area (Å²) < 4.78 is 0. The number of amides is 1. The van der Waals surface area contributed by atoms with Crippen LogP contribution in [-0.4, -0.2) is 34.6 Å². The smallest absolute Gasteiger partial charge is 0.307 e. The van der Waals surface area contributed by atoms with Gasteiger partial charge in [0.05, 0.1) is 11.8 Å². The van der Waals surface area contributed by atoms with E-state index in [2.05, 4.69) is 5.32 Å². The first-order valence-corrected chi connectivity index (χ1v) is 6.14. The molecule has 1 saturated carbocycles. The molecule has 0 aliphatic heterocycles. The van der Waals surface area contributed by atoms with E-state index in [0.717, 1.165) is 0 Å². The number of aliphatic carboxylic acids is 2. The van der Waals surface area contributed by atoms with E-state index in [1.807, 2.05) is 6.92 Å². The predicted molar refractivity (Wildman–Crippen MR) is 62.9 cm³/mol. The lowest BCUT2D eigenvalue weighted by Gasteiger charge is -2.15. The quantitative estimate of drug-likeness (QED) is 0.608. The van der Waals surface area contributed by atoms with Crippen molar-refractivity contribution in [2.75, 3.05) is 6.54 Å². The fourth-order valence-corrected chi connectivity index (χ4v) is 2.44. The number of carboxylic acids is 2. The number of carbonyl (C=O) groups excluding carboxylic acids is 1. The van der Waals surface area contributed by atoms with Crippen LogP contribution < -0.4 is 5.32 Å². The van der Waals surface area contributed by atoms with Gasteiger partial charge in [0.15, 0.2) is 0 Å². The molecule has 0 aromatic rings. The van der Waals surface area contributed by atoms with Crippen LogP contribution in [0.5, 0.6) is 0 Å². The summed E-state index contributed by atoms with van der Waals surface area (Å²) >= 11 is 0. The van der Waals surface area contributed by atoms with E-state index in [-0.39, 0.29) is 24.8 Å². The average molecular weight is 257 g/mol. The number of carboxylic acid groups (broad SMARTS) is 2. The maximum atomic E-state index is 11.8. The Balaban J connectivity index is 2.40. The van der Waals surface area contributed by atoms with E-state index in [4.69, 9.17) is 10.2 Å². The molecule has 0 radical (unpaired) electrons. The van der Waals surface area contributed by atoms with Crippen LogP contribution in [0.1, 0.15) is 32.6 Å². The Hall–Kier alpha value is -1.59. The van der Waals surface area contributed by atoms with Crippen LogP contribution >= 0.6 is 0 Å². The van der Waals surface area contributed by atoms with E-state index < -0.39 is 23.8 Å². The van der Waals surface area contributed by atoms with Crippen molar-refractivity contribution >= 4 is 17.8 Å². The minimum absolute atomic E-state index is 0.00368. The van der Waals surface area contributed by atoms with Gasteiger partial charge in [-0.25, -0.2) is 0 Å². The second-order valence-corrected chi connectivity index (χ2v) is 4.92. The van der Waals surface area contributed by atoms with Crippen LogP contribution in [0.3, 0.4) is 0 Å². The zero-order chi connectivity index (χ0) is 13.7. The first kappa shape index (κ1) is 14.5. The monoisotopic (exact) mass is 257 g/mol. The highest BCUT2D eigenvalue weighted by Crippen LogP contribution is 2.36. The van der Waals surface area contributed by atoms with Gasteiger partial charge in [0.2, 0.25) is 5.91 Å². The van der Waals surface area contributed by atoms with Crippen molar-refractivity contribution in [3.05, 3.63) is 0 Å². The van der Waals surface area contributed by atoms with Crippen molar-refractivity contribution in [3.8, 4) is 0 Å². The fourth-order valence-electron chi connectivity index (χ4n) is 2.44. The van der Waals surface area contributed by atoms with E-state index in [1.165, 1.54) is 0 Å². The summed E-state index contributed by atoms with van der Waals surface area (Å²) in [7, 11) is 0. The van der Waals surface area contributed by atoms with Gasteiger partial charge in [-0.2, -0.15) is 0 Å². The third kappa shape index (κ3) is 4.01. The van der Waals surface area contributed by atoms with Gasteiger partial charge >= 0.3 is 11.9 Å². The SMILES string of the molecule is CC1CC(C(=O)O)C(C(=O)NCCCC(=O)O)C1. The number of nitrogens with one attached hydrogen (secondary N) is 1. The van der Waals surface area contributed by atoms with E-state index in [9.17, 15) is 14.4 Å². The van der Waals surface area contributed by atoms with Crippen LogP contribution in [0.25, 0.3) is 0 Å². The molecule has 3 unspecified atom stereocenters. The molecule has 0 aromatic heterocycles. The molecule has 0 spiro atoms. The predicted octanol–water partition coefficient (Wildman–Crippen LogP) is 0.714. The first-order valence-electron chi connectivity index (χ1n) is 6.14. The van der Waals surface area contributed by atoms with Crippen molar-refractivity contribution in [1.82, 2.24) is 5.32 Å². The molecule has 102 valence electrons.